The van der Waals surface area contributed by atoms with E-state index in [1.807, 2.05) is 0 Å². The first-order valence-electron chi connectivity index (χ1n) is 3.77. The summed E-state index contributed by atoms with van der Waals surface area (Å²) < 4.78 is 34.9. The fourth-order valence-electron chi connectivity index (χ4n) is 0.545. The molecule has 0 unspecified atom stereocenters. The minimum atomic E-state index is -4.42. The largest absolute Gasteiger partial charge is 0.405 e. The van der Waals surface area contributed by atoms with Crippen molar-refractivity contribution in [2.24, 2.45) is 0 Å². The summed E-state index contributed by atoms with van der Waals surface area (Å²) in [7, 11) is 0. The molecule has 14 heavy (non-hydrogen) atoms. The highest BCUT2D eigenvalue weighted by atomic mass is 19.4. The lowest BCUT2D eigenvalue weighted by atomic mass is 10.1. The maximum atomic E-state index is 11.6. The van der Waals surface area contributed by atoms with Crippen molar-refractivity contribution in [3.8, 4) is 12.3 Å². The van der Waals surface area contributed by atoms with Crippen LogP contribution in [0.5, 0.6) is 0 Å². The van der Waals surface area contributed by atoms with Gasteiger partial charge in [0.25, 0.3) is 0 Å². The molecule has 0 spiro atoms. The fourth-order valence-corrected chi connectivity index (χ4v) is 0.545. The highest BCUT2D eigenvalue weighted by molar-refractivity contribution is 5.75. The molecule has 0 aromatic carbocycles. The summed E-state index contributed by atoms with van der Waals surface area (Å²) in [6, 6.07) is -0.940. The molecule has 0 fully saturated rings. The number of terminal acetylenes is 1. The van der Waals surface area contributed by atoms with E-state index in [0.29, 0.717) is 0 Å². The monoisotopic (exact) mass is 208 g/mol. The van der Waals surface area contributed by atoms with Gasteiger partial charge in [0, 0.05) is 0 Å². The molecular formula is C8H11F3N2O. The van der Waals surface area contributed by atoms with Gasteiger partial charge in [-0.3, -0.25) is 0 Å². The number of hydrogen-bond donors (Lipinski definition) is 2. The lowest BCUT2D eigenvalue weighted by Crippen LogP contribution is -2.49. The lowest BCUT2D eigenvalue weighted by molar-refractivity contribution is -0.122. The number of halogens is 3. The van der Waals surface area contributed by atoms with Crippen molar-refractivity contribution in [3.05, 3.63) is 0 Å². The molecule has 3 nitrogen and oxygen atoms in total. The molecule has 0 radical (unpaired) electrons. The molecule has 0 bridgehead atoms. The first-order chi connectivity index (χ1) is 6.16. The summed E-state index contributed by atoms with van der Waals surface area (Å²) in [5.41, 5.74) is -0.963. The van der Waals surface area contributed by atoms with Gasteiger partial charge in [-0.2, -0.15) is 13.2 Å². The Bertz CT molecular complexity index is 252. The first kappa shape index (κ1) is 12.6. The molecule has 0 aliphatic heterocycles. The average molecular weight is 208 g/mol. The van der Waals surface area contributed by atoms with Crippen molar-refractivity contribution in [2.45, 2.75) is 25.6 Å². The third-order valence-corrected chi connectivity index (χ3v) is 1.24. The van der Waals surface area contributed by atoms with E-state index in [0.717, 1.165) is 0 Å². The van der Waals surface area contributed by atoms with Crippen LogP contribution >= 0.6 is 0 Å². The van der Waals surface area contributed by atoms with E-state index in [1.165, 1.54) is 13.8 Å². The Morgan fingerprint density at radius 2 is 1.93 bits per heavy atom. The topological polar surface area (TPSA) is 41.1 Å². The van der Waals surface area contributed by atoms with Gasteiger partial charge in [0.2, 0.25) is 0 Å². The Kier molecular flexibility index (Phi) is 3.81. The van der Waals surface area contributed by atoms with Crippen LogP contribution in [0.1, 0.15) is 13.8 Å². The van der Waals surface area contributed by atoms with Crippen LogP contribution in [0.2, 0.25) is 0 Å². The maximum absolute atomic E-state index is 11.6. The molecule has 0 saturated heterocycles. The fraction of sp³-hybridized carbons (Fsp3) is 0.625. The molecular weight excluding hydrogens is 197 g/mol. The van der Waals surface area contributed by atoms with E-state index in [9.17, 15) is 18.0 Å². The second kappa shape index (κ2) is 4.22. The molecule has 0 aliphatic carbocycles. The van der Waals surface area contributed by atoms with E-state index in [2.05, 4.69) is 11.2 Å². The number of hydrogen-bond acceptors (Lipinski definition) is 1. The van der Waals surface area contributed by atoms with Crippen molar-refractivity contribution < 1.29 is 18.0 Å². The molecule has 0 aliphatic rings. The summed E-state index contributed by atoms with van der Waals surface area (Å²) in [5, 5.41) is 3.83. The zero-order chi connectivity index (χ0) is 11.4. The molecule has 2 N–H and O–H groups in total. The van der Waals surface area contributed by atoms with Gasteiger partial charge in [-0.05, 0) is 13.8 Å². The standard InChI is InChI=1S/C8H11F3N2O/c1-4-7(2,3)13-6(14)12-5-8(9,10)11/h1H,5H2,2-3H3,(H2,12,13,14). The van der Waals surface area contributed by atoms with Gasteiger partial charge < -0.3 is 10.6 Å². The highest BCUT2D eigenvalue weighted by Gasteiger charge is 2.28. The smallest absolute Gasteiger partial charge is 0.329 e. The number of amides is 2. The lowest BCUT2D eigenvalue weighted by Gasteiger charge is -2.20. The van der Waals surface area contributed by atoms with Crippen molar-refractivity contribution in [1.82, 2.24) is 10.6 Å². The van der Waals surface area contributed by atoms with Crippen molar-refractivity contribution in [2.75, 3.05) is 6.54 Å². The Hall–Kier alpha value is -1.38. The molecule has 0 rings (SSSR count). The number of carbonyl (C=O) groups is 1. The van der Waals surface area contributed by atoms with Crippen molar-refractivity contribution >= 4 is 6.03 Å². The SMILES string of the molecule is C#CC(C)(C)NC(=O)NCC(F)(F)F. The Morgan fingerprint density at radius 1 is 1.43 bits per heavy atom. The highest BCUT2D eigenvalue weighted by Crippen LogP contribution is 2.12. The quantitative estimate of drug-likeness (QED) is 0.659. The Balaban J connectivity index is 3.97. The maximum Gasteiger partial charge on any atom is 0.405 e. The summed E-state index contributed by atoms with van der Waals surface area (Å²) in [4.78, 5) is 10.8. The number of carbonyl (C=O) groups excluding carboxylic acids is 1. The second-order valence-electron chi connectivity index (χ2n) is 3.19. The van der Waals surface area contributed by atoms with E-state index >= 15 is 0 Å². The van der Waals surface area contributed by atoms with Gasteiger partial charge in [0.1, 0.15) is 6.54 Å². The predicted molar refractivity (Wildman–Crippen MR) is 45.5 cm³/mol. The Morgan fingerprint density at radius 3 is 2.29 bits per heavy atom. The number of alkyl halides is 3. The van der Waals surface area contributed by atoms with Gasteiger partial charge in [-0.25, -0.2) is 4.79 Å². The van der Waals surface area contributed by atoms with Crippen LogP contribution in [0, 0.1) is 12.3 Å². The molecule has 0 saturated carbocycles. The molecule has 2 amide bonds. The van der Waals surface area contributed by atoms with Crippen molar-refractivity contribution in [1.29, 1.82) is 0 Å². The van der Waals surface area contributed by atoms with Crippen LogP contribution in [0.25, 0.3) is 0 Å². The minimum Gasteiger partial charge on any atom is -0.329 e. The van der Waals surface area contributed by atoms with Crippen molar-refractivity contribution in [3.63, 3.8) is 0 Å². The van der Waals surface area contributed by atoms with E-state index < -0.39 is 24.3 Å². The van der Waals surface area contributed by atoms with E-state index in [-0.39, 0.29) is 0 Å². The van der Waals surface area contributed by atoms with E-state index in [1.54, 1.807) is 5.32 Å². The van der Waals surface area contributed by atoms with Gasteiger partial charge in [0.05, 0.1) is 5.54 Å². The van der Waals surface area contributed by atoms with Crippen LogP contribution in [0.3, 0.4) is 0 Å². The third kappa shape index (κ3) is 6.17. The normalized spacial score (nSPS) is 11.7. The van der Waals surface area contributed by atoms with Gasteiger partial charge in [-0.1, -0.05) is 5.92 Å². The third-order valence-electron chi connectivity index (χ3n) is 1.24. The first-order valence-corrected chi connectivity index (χ1v) is 3.77. The zero-order valence-corrected chi connectivity index (χ0v) is 7.83. The Labute approximate surface area is 80.1 Å². The summed E-state index contributed by atoms with van der Waals surface area (Å²) in [6.07, 6.45) is 0.603. The second-order valence-corrected chi connectivity index (χ2v) is 3.19. The number of nitrogens with one attached hydrogen (secondary N) is 2. The molecule has 0 atom stereocenters. The zero-order valence-electron chi connectivity index (χ0n) is 7.83. The van der Waals surface area contributed by atoms with Gasteiger partial charge >= 0.3 is 12.2 Å². The van der Waals surface area contributed by atoms with Crippen LogP contribution < -0.4 is 10.6 Å². The summed E-state index contributed by atoms with van der Waals surface area (Å²) >= 11 is 0. The average Bonchev–Trinajstić information content (AvgIpc) is 1.99. The van der Waals surface area contributed by atoms with E-state index in [4.69, 9.17) is 6.42 Å². The van der Waals surface area contributed by atoms with Crippen LogP contribution in [0.4, 0.5) is 18.0 Å². The minimum absolute atomic E-state index is 0.940. The van der Waals surface area contributed by atoms with Gasteiger partial charge in [-0.15, -0.1) is 6.42 Å². The molecule has 6 heteroatoms. The summed E-state index contributed by atoms with van der Waals surface area (Å²) in [5.74, 6) is 2.22. The number of urea groups is 1. The van der Waals surface area contributed by atoms with Gasteiger partial charge in [0.15, 0.2) is 0 Å². The van der Waals surface area contributed by atoms with Crippen LogP contribution in [-0.2, 0) is 0 Å². The molecule has 0 heterocycles. The molecule has 0 aromatic rings. The molecule has 80 valence electrons. The van der Waals surface area contributed by atoms with Crippen LogP contribution in [-0.4, -0.2) is 24.3 Å². The predicted octanol–water partition coefficient (Wildman–Crippen LogP) is 1.26. The summed E-state index contributed by atoms with van der Waals surface area (Å²) in [6.45, 7) is 1.62. The van der Waals surface area contributed by atoms with Crippen LogP contribution in [0.15, 0.2) is 0 Å². The molecule has 0 aromatic heterocycles. The number of rotatable bonds is 2.